The van der Waals surface area contributed by atoms with E-state index in [9.17, 15) is 0 Å². The highest BCUT2D eigenvalue weighted by Gasteiger charge is 2.02. The van der Waals surface area contributed by atoms with Crippen molar-refractivity contribution in [3.05, 3.63) is 46.7 Å². The average molecular weight is 279 g/mol. The van der Waals surface area contributed by atoms with Gasteiger partial charge in [-0.25, -0.2) is 0 Å². The molecule has 0 bridgehead atoms. The molecule has 82 valence electrons. The van der Waals surface area contributed by atoms with Gasteiger partial charge in [-0.05, 0) is 30.7 Å². The molecule has 16 heavy (non-hydrogen) atoms. The molecule has 0 unspecified atom stereocenters. The van der Waals surface area contributed by atoms with Crippen molar-refractivity contribution in [1.82, 2.24) is 4.98 Å². The number of anilines is 1. The van der Waals surface area contributed by atoms with Crippen molar-refractivity contribution in [2.75, 3.05) is 5.73 Å². The van der Waals surface area contributed by atoms with E-state index < -0.39 is 0 Å². The molecular weight excluding hydrogens is 268 g/mol. The smallest absolute Gasteiger partial charge is 0.153 e. The first-order chi connectivity index (χ1) is 7.66. The molecule has 2 rings (SSSR count). The standard InChI is InChI=1S/C12H11BrN2O/c1-8-6-9(2-3-10(8)13)16-12-4-5-15-7-11(12)14/h2-7H,14H2,1H3. The minimum Gasteiger partial charge on any atom is -0.455 e. The third kappa shape index (κ3) is 2.33. The van der Waals surface area contributed by atoms with Crippen molar-refractivity contribution in [1.29, 1.82) is 0 Å². The van der Waals surface area contributed by atoms with Gasteiger partial charge in [0.2, 0.25) is 0 Å². The Morgan fingerprint density at radius 1 is 1.31 bits per heavy atom. The molecule has 0 spiro atoms. The largest absolute Gasteiger partial charge is 0.455 e. The first-order valence-electron chi connectivity index (χ1n) is 4.80. The SMILES string of the molecule is Cc1cc(Oc2ccncc2N)ccc1Br. The van der Waals surface area contributed by atoms with E-state index >= 15 is 0 Å². The second kappa shape index (κ2) is 4.53. The van der Waals surface area contributed by atoms with Crippen LogP contribution in [0, 0.1) is 6.92 Å². The molecule has 0 aliphatic rings. The third-order valence-electron chi connectivity index (χ3n) is 2.17. The lowest BCUT2D eigenvalue weighted by Gasteiger charge is -2.08. The van der Waals surface area contributed by atoms with E-state index in [1.54, 1.807) is 18.5 Å². The number of hydrogen-bond acceptors (Lipinski definition) is 3. The zero-order valence-corrected chi connectivity index (χ0v) is 10.4. The van der Waals surface area contributed by atoms with Crippen molar-refractivity contribution in [3.63, 3.8) is 0 Å². The van der Waals surface area contributed by atoms with Crippen LogP contribution in [0.25, 0.3) is 0 Å². The third-order valence-corrected chi connectivity index (χ3v) is 3.06. The highest BCUT2D eigenvalue weighted by Crippen LogP contribution is 2.28. The van der Waals surface area contributed by atoms with Crippen molar-refractivity contribution in [2.24, 2.45) is 0 Å². The lowest BCUT2D eigenvalue weighted by molar-refractivity contribution is 0.484. The minimum atomic E-state index is 0.531. The number of ether oxygens (including phenoxy) is 1. The summed E-state index contributed by atoms with van der Waals surface area (Å²) in [4.78, 5) is 3.91. The van der Waals surface area contributed by atoms with E-state index in [1.807, 2.05) is 25.1 Å². The maximum absolute atomic E-state index is 5.74. The van der Waals surface area contributed by atoms with Gasteiger partial charge in [0, 0.05) is 16.7 Å². The zero-order valence-electron chi connectivity index (χ0n) is 8.77. The fourth-order valence-electron chi connectivity index (χ4n) is 1.29. The van der Waals surface area contributed by atoms with Gasteiger partial charge in [0.15, 0.2) is 5.75 Å². The Bertz CT molecular complexity index is 514. The Labute approximate surface area is 102 Å². The highest BCUT2D eigenvalue weighted by atomic mass is 79.9. The van der Waals surface area contributed by atoms with Crippen LogP contribution in [-0.2, 0) is 0 Å². The van der Waals surface area contributed by atoms with Crippen molar-refractivity contribution < 1.29 is 4.74 Å². The van der Waals surface area contributed by atoms with E-state index in [1.165, 1.54) is 0 Å². The van der Waals surface area contributed by atoms with Gasteiger partial charge in [-0.1, -0.05) is 15.9 Å². The molecule has 1 aromatic carbocycles. The highest BCUT2D eigenvalue weighted by molar-refractivity contribution is 9.10. The Balaban J connectivity index is 2.28. The van der Waals surface area contributed by atoms with Crippen LogP contribution >= 0.6 is 15.9 Å². The summed E-state index contributed by atoms with van der Waals surface area (Å²) in [6.07, 6.45) is 3.22. The molecule has 1 aromatic heterocycles. The molecule has 2 N–H and O–H groups in total. The summed E-state index contributed by atoms with van der Waals surface area (Å²) >= 11 is 3.44. The molecule has 0 amide bonds. The molecule has 4 heteroatoms. The number of aromatic nitrogens is 1. The fraction of sp³-hybridized carbons (Fsp3) is 0.0833. The molecule has 0 aliphatic carbocycles. The molecule has 0 atom stereocenters. The number of nitrogens with zero attached hydrogens (tertiary/aromatic N) is 1. The average Bonchev–Trinajstić information content (AvgIpc) is 2.27. The molecule has 0 radical (unpaired) electrons. The minimum absolute atomic E-state index is 0.531. The van der Waals surface area contributed by atoms with Gasteiger partial charge in [-0.15, -0.1) is 0 Å². The van der Waals surface area contributed by atoms with Gasteiger partial charge in [-0.3, -0.25) is 4.98 Å². The Morgan fingerprint density at radius 2 is 2.12 bits per heavy atom. The number of pyridine rings is 1. The monoisotopic (exact) mass is 278 g/mol. The van der Waals surface area contributed by atoms with Crippen LogP contribution in [0.1, 0.15) is 5.56 Å². The number of nitrogen functional groups attached to an aromatic ring is 1. The Morgan fingerprint density at radius 3 is 2.81 bits per heavy atom. The van der Waals surface area contributed by atoms with Crippen LogP contribution in [0.2, 0.25) is 0 Å². The van der Waals surface area contributed by atoms with Gasteiger partial charge >= 0.3 is 0 Å². The van der Waals surface area contributed by atoms with Gasteiger partial charge in [0.1, 0.15) is 5.75 Å². The molecule has 0 saturated carbocycles. The number of halogens is 1. The predicted molar refractivity (Wildman–Crippen MR) is 67.6 cm³/mol. The van der Waals surface area contributed by atoms with E-state index in [0.29, 0.717) is 11.4 Å². The van der Waals surface area contributed by atoms with Crippen molar-refractivity contribution in [3.8, 4) is 11.5 Å². The first kappa shape index (κ1) is 11.0. The number of rotatable bonds is 2. The molecule has 0 fully saturated rings. The van der Waals surface area contributed by atoms with Crippen LogP contribution < -0.4 is 10.5 Å². The molecule has 3 nitrogen and oxygen atoms in total. The van der Waals surface area contributed by atoms with E-state index in [-0.39, 0.29) is 0 Å². The molecule has 0 saturated heterocycles. The Hall–Kier alpha value is -1.55. The summed E-state index contributed by atoms with van der Waals surface area (Å²) in [7, 11) is 0. The van der Waals surface area contributed by atoms with Gasteiger partial charge in [0.25, 0.3) is 0 Å². The van der Waals surface area contributed by atoms with Crippen LogP contribution in [0.15, 0.2) is 41.1 Å². The van der Waals surface area contributed by atoms with Crippen molar-refractivity contribution in [2.45, 2.75) is 6.92 Å². The molecule has 1 heterocycles. The van der Waals surface area contributed by atoms with E-state index in [4.69, 9.17) is 10.5 Å². The normalized spacial score (nSPS) is 10.1. The first-order valence-corrected chi connectivity index (χ1v) is 5.59. The number of hydrogen-bond donors (Lipinski definition) is 1. The maximum atomic E-state index is 5.74. The summed E-state index contributed by atoms with van der Waals surface area (Å²) in [6.45, 7) is 2.01. The summed E-state index contributed by atoms with van der Waals surface area (Å²) < 4.78 is 6.72. The van der Waals surface area contributed by atoms with Crippen molar-refractivity contribution >= 4 is 21.6 Å². The van der Waals surface area contributed by atoms with Gasteiger partial charge in [-0.2, -0.15) is 0 Å². The number of benzene rings is 1. The van der Waals surface area contributed by atoms with Gasteiger partial charge in [0.05, 0.1) is 11.9 Å². The number of aryl methyl sites for hydroxylation is 1. The Kier molecular flexibility index (Phi) is 3.10. The predicted octanol–water partition coefficient (Wildman–Crippen LogP) is 3.53. The van der Waals surface area contributed by atoms with Crippen LogP contribution in [-0.4, -0.2) is 4.98 Å². The molecule has 2 aromatic rings. The molecular formula is C12H11BrN2O. The second-order valence-corrected chi connectivity index (χ2v) is 4.28. The summed E-state index contributed by atoms with van der Waals surface area (Å²) in [5.74, 6) is 1.38. The topological polar surface area (TPSA) is 48.1 Å². The van der Waals surface area contributed by atoms with Crippen LogP contribution in [0.5, 0.6) is 11.5 Å². The summed E-state index contributed by atoms with van der Waals surface area (Å²) in [5.41, 5.74) is 7.39. The van der Waals surface area contributed by atoms with E-state index in [2.05, 4.69) is 20.9 Å². The van der Waals surface area contributed by atoms with Gasteiger partial charge < -0.3 is 10.5 Å². The fourth-order valence-corrected chi connectivity index (χ4v) is 1.54. The lowest BCUT2D eigenvalue weighted by Crippen LogP contribution is -1.92. The van der Waals surface area contributed by atoms with Crippen LogP contribution in [0.4, 0.5) is 5.69 Å². The summed E-state index contributed by atoms with van der Waals surface area (Å²) in [5, 5.41) is 0. The summed E-state index contributed by atoms with van der Waals surface area (Å²) in [6, 6.07) is 7.52. The second-order valence-electron chi connectivity index (χ2n) is 3.43. The maximum Gasteiger partial charge on any atom is 0.153 e. The quantitative estimate of drug-likeness (QED) is 0.914. The van der Waals surface area contributed by atoms with E-state index in [0.717, 1.165) is 15.8 Å². The number of nitrogens with two attached hydrogens (primary N) is 1. The zero-order chi connectivity index (χ0) is 11.5. The lowest BCUT2D eigenvalue weighted by atomic mass is 10.2. The molecule has 0 aliphatic heterocycles. The van der Waals surface area contributed by atoms with Crippen LogP contribution in [0.3, 0.4) is 0 Å².